The number of nitrogens with one attached hydrogen (secondary N) is 1. The lowest BCUT2D eigenvalue weighted by molar-refractivity contribution is 0.0135. The van der Waals surface area contributed by atoms with Crippen LogP contribution in [0.15, 0.2) is 0 Å². The molecule has 0 bridgehead atoms. The van der Waals surface area contributed by atoms with Crippen LogP contribution in [0.2, 0.25) is 0 Å². The molecule has 0 aromatic heterocycles. The Morgan fingerprint density at radius 2 is 2.19 bits per heavy atom. The Balaban J connectivity index is 2.48. The molecule has 1 heterocycles. The van der Waals surface area contributed by atoms with Gasteiger partial charge in [-0.05, 0) is 32.6 Å². The molecule has 1 aliphatic rings. The predicted octanol–water partition coefficient (Wildman–Crippen LogP) is 2.05. The molecule has 16 heavy (non-hydrogen) atoms. The van der Waals surface area contributed by atoms with E-state index in [4.69, 9.17) is 10.5 Å². The molecule has 1 fully saturated rings. The summed E-state index contributed by atoms with van der Waals surface area (Å²) in [6, 6.07) is 0. The van der Waals surface area contributed by atoms with Crippen molar-refractivity contribution < 1.29 is 4.74 Å². The zero-order chi connectivity index (χ0) is 12.1. The molecule has 0 spiro atoms. The second-order valence-corrected chi connectivity index (χ2v) is 5.34. The number of nitrogens with two attached hydrogens (primary N) is 1. The van der Waals surface area contributed by atoms with Gasteiger partial charge in [0.15, 0.2) is 0 Å². The molecule has 0 radical (unpaired) electrons. The monoisotopic (exact) mass is 228 g/mol. The van der Waals surface area contributed by atoms with Crippen LogP contribution in [0.25, 0.3) is 0 Å². The number of rotatable bonds is 7. The first-order valence-electron chi connectivity index (χ1n) is 6.69. The summed E-state index contributed by atoms with van der Waals surface area (Å²) in [6.45, 7) is 9.19. The van der Waals surface area contributed by atoms with E-state index in [1.54, 1.807) is 0 Å². The van der Waals surface area contributed by atoms with Gasteiger partial charge in [0.05, 0.1) is 5.60 Å². The summed E-state index contributed by atoms with van der Waals surface area (Å²) in [5.74, 6) is 0. The minimum absolute atomic E-state index is 0.0311. The first-order chi connectivity index (χ1) is 7.60. The zero-order valence-electron chi connectivity index (χ0n) is 11.1. The molecule has 0 aromatic carbocycles. The Morgan fingerprint density at radius 3 is 2.62 bits per heavy atom. The van der Waals surface area contributed by atoms with Gasteiger partial charge >= 0.3 is 0 Å². The van der Waals surface area contributed by atoms with Crippen molar-refractivity contribution in [1.82, 2.24) is 5.32 Å². The Bertz CT molecular complexity index is 196. The first kappa shape index (κ1) is 13.9. The third-order valence-electron chi connectivity index (χ3n) is 3.93. The van der Waals surface area contributed by atoms with Gasteiger partial charge < -0.3 is 15.8 Å². The van der Waals surface area contributed by atoms with Gasteiger partial charge in [-0.2, -0.15) is 0 Å². The number of hydrogen-bond acceptors (Lipinski definition) is 3. The Morgan fingerprint density at radius 1 is 1.44 bits per heavy atom. The van der Waals surface area contributed by atoms with Crippen LogP contribution in [0.1, 0.15) is 52.9 Å². The lowest BCUT2D eigenvalue weighted by Crippen LogP contribution is -2.55. The van der Waals surface area contributed by atoms with Crippen molar-refractivity contribution in [3.05, 3.63) is 0 Å². The van der Waals surface area contributed by atoms with Crippen LogP contribution in [0.3, 0.4) is 0 Å². The molecule has 2 unspecified atom stereocenters. The highest BCUT2D eigenvalue weighted by Crippen LogP contribution is 2.26. The van der Waals surface area contributed by atoms with Crippen LogP contribution >= 0.6 is 0 Å². The second kappa shape index (κ2) is 5.99. The number of hydrogen-bond donors (Lipinski definition) is 2. The maximum Gasteiger partial charge on any atom is 0.0779 e. The quantitative estimate of drug-likeness (QED) is 0.701. The van der Waals surface area contributed by atoms with E-state index in [1.165, 1.54) is 12.8 Å². The van der Waals surface area contributed by atoms with E-state index in [2.05, 4.69) is 26.1 Å². The lowest BCUT2D eigenvalue weighted by atomic mass is 9.89. The summed E-state index contributed by atoms with van der Waals surface area (Å²) < 4.78 is 5.80. The third kappa shape index (κ3) is 3.44. The summed E-state index contributed by atoms with van der Waals surface area (Å²) in [6.07, 6.45) is 5.77. The smallest absolute Gasteiger partial charge is 0.0779 e. The fraction of sp³-hybridized carbons (Fsp3) is 1.00. The van der Waals surface area contributed by atoms with Gasteiger partial charge in [-0.3, -0.25) is 0 Å². The second-order valence-electron chi connectivity index (χ2n) is 5.34. The molecule has 3 heteroatoms. The normalized spacial score (nSPS) is 29.2. The topological polar surface area (TPSA) is 47.3 Å². The highest BCUT2D eigenvalue weighted by atomic mass is 16.5. The van der Waals surface area contributed by atoms with Crippen LogP contribution in [-0.2, 0) is 4.74 Å². The van der Waals surface area contributed by atoms with Crippen molar-refractivity contribution in [2.45, 2.75) is 64.0 Å². The van der Waals surface area contributed by atoms with Gasteiger partial charge in [0.25, 0.3) is 0 Å². The van der Waals surface area contributed by atoms with Gasteiger partial charge in [-0.1, -0.05) is 20.3 Å². The van der Waals surface area contributed by atoms with Crippen molar-refractivity contribution >= 4 is 0 Å². The zero-order valence-corrected chi connectivity index (χ0v) is 11.1. The summed E-state index contributed by atoms with van der Waals surface area (Å²) in [5, 5.41) is 3.67. The molecule has 96 valence electrons. The predicted molar refractivity (Wildman–Crippen MR) is 68.6 cm³/mol. The summed E-state index contributed by atoms with van der Waals surface area (Å²) >= 11 is 0. The van der Waals surface area contributed by atoms with Gasteiger partial charge in [0.2, 0.25) is 0 Å². The van der Waals surface area contributed by atoms with E-state index in [9.17, 15) is 0 Å². The molecule has 0 aromatic rings. The molecule has 1 saturated heterocycles. The van der Waals surface area contributed by atoms with E-state index < -0.39 is 0 Å². The number of ether oxygens (including phenoxy) is 1. The van der Waals surface area contributed by atoms with Gasteiger partial charge in [0, 0.05) is 25.2 Å². The minimum atomic E-state index is 0.0311. The fourth-order valence-corrected chi connectivity index (χ4v) is 2.54. The average molecular weight is 228 g/mol. The molecular formula is C13H28N2O. The van der Waals surface area contributed by atoms with Crippen molar-refractivity contribution in [1.29, 1.82) is 0 Å². The van der Waals surface area contributed by atoms with Crippen LogP contribution < -0.4 is 11.1 Å². The molecule has 0 amide bonds. The molecule has 2 atom stereocenters. The van der Waals surface area contributed by atoms with Crippen LogP contribution in [0, 0.1) is 0 Å². The van der Waals surface area contributed by atoms with E-state index in [0.29, 0.717) is 6.54 Å². The molecule has 0 aliphatic carbocycles. The largest absolute Gasteiger partial charge is 0.374 e. The van der Waals surface area contributed by atoms with Crippen molar-refractivity contribution in [3.8, 4) is 0 Å². The molecular weight excluding hydrogens is 200 g/mol. The van der Waals surface area contributed by atoms with Crippen molar-refractivity contribution in [2.75, 3.05) is 19.7 Å². The van der Waals surface area contributed by atoms with Crippen molar-refractivity contribution in [2.24, 2.45) is 5.73 Å². The molecule has 1 aliphatic heterocycles. The third-order valence-corrected chi connectivity index (χ3v) is 3.93. The van der Waals surface area contributed by atoms with Gasteiger partial charge in [-0.25, -0.2) is 0 Å². The Labute approximate surface area is 100 Å². The summed E-state index contributed by atoms with van der Waals surface area (Å²) in [7, 11) is 0. The fourth-order valence-electron chi connectivity index (χ4n) is 2.54. The Hall–Kier alpha value is -0.120. The van der Waals surface area contributed by atoms with Gasteiger partial charge in [-0.15, -0.1) is 0 Å². The maximum absolute atomic E-state index is 5.93. The van der Waals surface area contributed by atoms with E-state index >= 15 is 0 Å². The average Bonchev–Trinajstić information content (AvgIpc) is 2.72. The maximum atomic E-state index is 5.93. The SMILES string of the molecule is CCCC(CC)(CN)NCC1(C)CCCO1. The summed E-state index contributed by atoms with van der Waals surface area (Å²) in [5.41, 5.74) is 6.07. The molecule has 3 nitrogen and oxygen atoms in total. The van der Waals surface area contributed by atoms with E-state index in [0.717, 1.165) is 32.4 Å². The van der Waals surface area contributed by atoms with Crippen LogP contribution in [0.5, 0.6) is 0 Å². The lowest BCUT2D eigenvalue weighted by Gasteiger charge is -2.36. The van der Waals surface area contributed by atoms with Crippen molar-refractivity contribution in [3.63, 3.8) is 0 Å². The van der Waals surface area contributed by atoms with Crippen LogP contribution in [-0.4, -0.2) is 30.8 Å². The first-order valence-corrected chi connectivity index (χ1v) is 6.69. The Kier molecular flexibility index (Phi) is 5.22. The standard InChI is InChI=1S/C13H28N2O/c1-4-7-13(5-2,10-14)15-11-12(3)8-6-9-16-12/h15H,4-11,14H2,1-3H3. The molecule has 1 rings (SSSR count). The summed E-state index contributed by atoms with van der Waals surface area (Å²) in [4.78, 5) is 0. The highest BCUT2D eigenvalue weighted by Gasteiger charge is 2.33. The van der Waals surface area contributed by atoms with E-state index in [1.807, 2.05) is 0 Å². The molecule has 0 saturated carbocycles. The minimum Gasteiger partial charge on any atom is -0.374 e. The van der Waals surface area contributed by atoms with Crippen LogP contribution in [0.4, 0.5) is 0 Å². The highest BCUT2D eigenvalue weighted by molar-refractivity contribution is 4.92. The van der Waals surface area contributed by atoms with Gasteiger partial charge in [0.1, 0.15) is 0 Å². The van der Waals surface area contributed by atoms with E-state index in [-0.39, 0.29) is 11.1 Å². The molecule has 3 N–H and O–H groups in total.